The van der Waals surface area contributed by atoms with E-state index in [2.05, 4.69) is 27.0 Å². The summed E-state index contributed by atoms with van der Waals surface area (Å²) in [4.78, 5) is 15.0. The number of likely N-dealkylation sites (tertiary alicyclic amines) is 1. The lowest BCUT2D eigenvalue weighted by atomic mass is 10.1. The van der Waals surface area contributed by atoms with Gasteiger partial charge in [0.25, 0.3) is 0 Å². The molecule has 0 saturated carbocycles. The number of hydrogen-bond donors (Lipinski definition) is 1. The van der Waals surface area contributed by atoms with Gasteiger partial charge in [0, 0.05) is 6.54 Å². The molecule has 1 aliphatic rings. The minimum absolute atomic E-state index is 0.0743. The Balaban J connectivity index is 1.58. The number of rotatable bonds is 7. The normalized spacial score (nSPS) is 16.7. The molecule has 1 atom stereocenters. The Morgan fingerprint density at radius 1 is 1.15 bits per heavy atom. The van der Waals surface area contributed by atoms with Gasteiger partial charge in [-0.2, -0.15) is 11.3 Å². The smallest absolute Gasteiger partial charge is 0.224 e. The van der Waals surface area contributed by atoms with E-state index in [0.717, 1.165) is 24.4 Å². The van der Waals surface area contributed by atoms with Crippen LogP contribution in [0.1, 0.15) is 42.9 Å². The Morgan fingerprint density at radius 2 is 1.88 bits per heavy atom. The van der Waals surface area contributed by atoms with Gasteiger partial charge in [0.2, 0.25) is 5.91 Å². The van der Waals surface area contributed by atoms with Gasteiger partial charge in [0.15, 0.2) is 0 Å². The molecule has 140 valence electrons. The van der Waals surface area contributed by atoms with Gasteiger partial charge in [-0.15, -0.1) is 0 Å². The average molecular weight is 373 g/mol. The molecule has 4 nitrogen and oxygen atoms in total. The van der Waals surface area contributed by atoms with Crippen LogP contribution in [0.3, 0.4) is 0 Å². The number of carbonyl (C=O) groups is 1. The maximum absolute atomic E-state index is 12.4. The van der Waals surface area contributed by atoms with Crippen LogP contribution in [-0.2, 0) is 11.2 Å². The van der Waals surface area contributed by atoms with E-state index in [9.17, 15) is 4.79 Å². The molecule has 0 aliphatic carbocycles. The summed E-state index contributed by atoms with van der Waals surface area (Å²) in [6.07, 6.45) is 5.54. The molecule has 1 fully saturated rings. The summed E-state index contributed by atoms with van der Waals surface area (Å²) in [5, 5.41) is 7.50. The highest BCUT2D eigenvalue weighted by Crippen LogP contribution is 2.25. The first-order valence-electron chi connectivity index (χ1n) is 9.42. The van der Waals surface area contributed by atoms with Gasteiger partial charge in [-0.1, -0.05) is 25.0 Å². The third-order valence-corrected chi connectivity index (χ3v) is 5.73. The van der Waals surface area contributed by atoms with Crippen LogP contribution in [0.15, 0.2) is 41.1 Å². The van der Waals surface area contributed by atoms with Crippen LogP contribution in [0, 0.1) is 0 Å². The molecule has 5 heteroatoms. The lowest BCUT2D eigenvalue weighted by Crippen LogP contribution is -2.39. The first-order chi connectivity index (χ1) is 12.8. The highest BCUT2D eigenvalue weighted by molar-refractivity contribution is 7.07. The standard InChI is InChI=1S/C21H28N2O2S/c1-25-19-8-6-17(7-9-19)14-21(24)22-15-20(18-10-13-26-16-18)23-11-4-2-3-5-12-23/h6-10,13,16,20H,2-5,11-12,14-15H2,1H3,(H,22,24)/t20-/m0/s1. The summed E-state index contributed by atoms with van der Waals surface area (Å²) in [5.41, 5.74) is 2.33. The molecule has 1 aromatic carbocycles. The molecule has 0 spiro atoms. The van der Waals surface area contributed by atoms with Gasteiger partial charge >= 0.3 is 0 Å². The Labute approximate surface area is 160 Å². The molecule has 0 unspecified atom stereocenters. The molecule has 1 N–H and O–H groups in total. The molecule has 0 bridgehead atoms. The van der Waals surface area contributed by atoms with Crippen molar-refractivity contribution in [3.05, 3.63) is 52.2 Å². The second-order valence-corrected chi connectivity index (χ2v) is 7.63. The van der Waals surface area contributed by atoms with E-state index < -0.39 is 0 Å². The highest BCUT2D eigenvalue weighted by atomic mass is 32.1. The SMILES string of the molecule is COc1ccc(CC(=O)NC[C@@H](c2ccsc2)N2CCCCCC2)cc1. The van der Waals surface area contributed by atoms with Gasteiger partial charge in [-0.25, -0.2) is 0 Å². The van der Waals surface area contributed by atoms with Crippen molar-refractivity contribution in [2.45, 2.75) is 38.1 Å². The van der Waals surface area contributed by atoms with Crippen LogP contribution in [0.5, 0.6) is 5.75 Å². The van der Waals surface area contributed by atoms with Crippen molar-refractivity contribution in [3.63, 3.8) is 0 Å². The number of amides is 1. The molecule has 2 aromatic rings. The zero-order valence-corrected chi connectivity index (χ0v) is 16.3. The van der Waals surface area contributed by atoms with Crippen molar-refractivity contribution in [1.29, 1.82) is 0 Å². The van der Waals surface area contributed by atoms with Gasteiger partial charge in [-0.05, 0) is 66.0 Å². The largest absolute Gasteiger partial charge is 0.497 e. The first-order valence-corrected chi connectivity index (χ1v) is 10.4. The first kappa shape index (κ1) is 18.9. The average Bonchev–Trinajstić information content (AvgIpc) is 3.05. The fourth-order valence-corrected chi connectivity index (χ4v) is 4.24. The molecular weight excluding hydrogens is 344 g/mol. The van der Waals surface area contributed by atoms with Crippen LogP contribution >= 0.6 is 11.3 Å². The number of nitrogens with one attached hydrogen (secondary N) is 1. The van der Waals surface area contributed by atoms with Crippen molar-refractivity contribution in [2.75, 3.05) is 26.7 Å². The fraction of sp³-hybridized carbons (Fsp3) is 0.476. The van der Waals surface area contributed by atoms with Crippen LogP contribution in [0.2, 0.25) is 0 Å². The number of ether oxygens (including phenoxy) is 1. The lowest BCUT2D eigenvalue weighted by Gasteiger charge is -2.30. The highest BCUT2D eigenvalue weighted by Gasteiger charge is 2.22. The third-order valence-electron chi connectivity index (χ3n) is 5.03. The van der Waals surface area contributed by atoms with Gasteiger partial charge in [0.05, 0.1) is 19.6 Å². The molecule has 1 amide bonds. The van der Waals surface area contributed by atoms with Crippen molar-refractivity contribution < 1.29 is 9.53 Å². The van der Waals surface area contributed by atoms with E-state index in [-0.39, 0.29) is 11.9 Å². The molecule has 2 heterocycles. The van der Waals surface area contributed by atoms with E-state index in [4.69, 9.17) is 4.74 Å². The van der Waals surface area contributed by atoms with Crippen molar-refractivity contribution >= 4 is 17.2 Å². The van der Waals surface area contributed by atoms with Gasteiger partial charge in [0.1, 0.15) is 5.75 Å². The van der Waals surface area contributed by atoms with Crippen molar-refractivity contribution in [2.24, 2.45) is 0 Å². The molecule has 26 heavy (non-hydrogen) atoms. The van der Waals surface area contributed by atoms with Crippen LogP contribution in [-0.4, -0.2) is 37.6 Å². The zero-order valence-electron chi connectivity index (χ0n) is 15.4. The minimum Gasteiger partial charge on any atom is -0.497 e. The van der Waals surface area contributed by atoms with Crippen LogP contribution < -0.4 is 10.1 Å². The summed E-state index contributed by atoms with van der Waals surface area (Å²) >= 11 is 1.73. The lowest BCUT2D eigenvalue weighted by molar-refractivity contribution is -0.120. The summed E-state index contributed by atoms with van der Waals surface area (Å²) in [7, 11) is 1.65. The number of benzene rings is 1. The number of thiophene rings is 1. The number of hydrogen-bond acceptors (Lipinski definition) is 4. The summed E-state index contributed by atoms with van der Waals surface area (Å²) < 4.78 is 5.17. The predicted molar refractivity (Wildman–Crippen MR) is 107 cm³/mol. The van der Waals surface area contributed by atoms with E-state index >= 15 is 0 Å². The van der Waals surface area contributed by atoms with E-state index in [1.807, 2.05) is 24.3 Å². The number of nitrogens with zero attached hydrogens (tertiary/aromatic N) is 1. The summed E-state index contributed by atoms with van der Waals surface area (Å²) in [5.74, 6) is 0.887. The van der Waals surface area contributed by atoms with Crippen molar-refractivity contribution in [1.82, 2.24) is 10.2 Å². The Morgan fingerprint density at radius 3 is 2.50 bits per heavy atom. The Hall–Kier alpha value is -1.85. The summed E-state index contributed by atoms with van der Waals surface area (Å²) in [6.45, 7) is 2.91. The van der Waals surface area contributed by atoms with Crippen LogP contribution in [0.25, 0.3) is 0 Å². The van der Waals surface area contributed by atoms with Crippen LogP contribution in [0.4, 0.5) is 0 Å². The number of methoxy groups -OCH3 is 1. The molecule has 1 saturated heterocycles. The quantitative estimate of drug-likeness (QED) is 0.798. The fourth-order valence-electron chi connectivity index (χ4n) is 3.53. The van der Waals surface area contributed by atoms with E-state index in [1.165, 1.54) is 31.2 Å². The Bertz CT molecular complexity index is 662. The second kappa shape index (κ2) is 9.74. The predicted octanol–water partition coefficient (Wildman–Crippen LogP) is 4.03. The van der Waals surface area contributed by atoms with E-state index in [1.54, 1.807) is 18.4 Å². The van der Waals surface area contributed by atoms with E-state index in [0.29, 0.717) is 13.0 Å². The van der Waals surface area contributed by atoms with Gasteiger partial charge in [-0.3, -0.25) is 9.69 Å². The second-order valence-electron chi connectivity index (χ2n) is 6.85. The summed E-state index contributed by atoms with van der Waals surface area (Å²) in [6, 6.07) is 10.2. The maximum atomic E-state index is 12.4. The topological polar surface area (TPSA) is 41.6 Å². The molecule has 1 aliphatic heterocycles. The Kier molecular flexibility index (Phi) is 7.09. The third kappa shape index (κ3) is 5.32. The monoisotopic (exact) mass is 372 g/mol. The minimum atomic E-state index is 0.0743. The zero-order chi connectivity index (χ0) is 18.2. The molecule has 3 rings (SSSR count). The molecule has 0 radical (unpaired) electrons. The number of carbonyl (C=O) groups excluding carboxylic acids is 1. The maximum Gasteiger partial charge on any atom is 0.224 e. The molecular formula is C21H28N2O2S. The van der Waals surface area contributed by atoms with Crippen molar-refractivity contribution in [3.8, 4) is 5.75 Å². The van der Waals surface area contributed by atoms with Gasteiger partial charge < -0.3 is 10.1 Å². The molecule has 1 aromatic heterocycles.